The smallest absolute Gasteiger partial charge is 0.342 e. The van der Waals surface area contributed by atoms with Gasteiger partial charge in [0, 0.05) is 18.7 Å². The normalized spacial score (nSPS) is 9.28. The van der Waals surface area contributed by atoms with Crippen LogP contribution in [0.15, 0.2) is 12.3 Å². The summed E-state index contributed by atoms with van der Waals surface area (Å²) in [5, 5.41) is -0.0308. The van der Waals surface area contributed by atoms with Gasteiger partial charge in [-0.05, 0) is 6.07 Å². The average Bonchev–Trinajstić information content (AvgIpc) is 2.35. The number of methoxy groups -OCH3 is 1. The van der Waals surface area contributed by atoms with Gasteiger partial charge in [-0.3, -0.25) is 4.79 Å². The number of pyridine rings is 1. The summed E-state index contributed by atoms with van der Waals surface area (Å²) in [5.74, 6) is 4.03. The van der Waals surface area contributed by atoms with Crippen molar-refractivity contribution in [2.24, 2.45) is 0 Å². The van der Waals surface area contributed by atoms with E-state index >= 15 is 0 Å². The summed E-state index contributed by atoms with van der Waals surface area (Å²) >= 11 is 1.07. The maximum Gasteiger partial charge on any atom is 0.342 e. The molecule has 94 valence electrons. The second-order valence-corrected chi connectivity index (χ2v) is 4.29. The number of aromatic nitrogens is 1. The molecule has 0 radical (unpaired) electrons. The van der Waals surface area contributed by atoms with Crippen LogP contribution in [-0.2, 0) is 9.53 Å². The Labute approximate surface area is 108 Å². The van der Waals surface area contributed by atoms with Crippen molar-refractivity contribution >= 4 is 22.8 Å². The first-order valence-corrected chi connectivity index (χ1v) is 5.89. The zero-order valence-electron chi connectivity index (χ0n) is 9.82. The lowest BCUT2D eigenvalue weighted by molar-refractivity contribution is -0.109. The van der Waals surface area contributed by atoms with E-state index in [1.54, 1.807) is 0 Å². The molecule has 18 heavy (non-hydrogen) atoms. The Morgan fingerprint density at radius 3 is 2.89 bits per heavy atom. The zero-order valence-corrected chi connectivity index (χ0v) is 10.6. The fraction of sp³-hybridized carbons (Fsp3) is 0.250. The van der Waals surface area contributed by atoms with Gasteiger partial charge < -0.3 is 4.74 Å². The Morgan fingerprint density at radius 2 is 2.28 bits per heavy atom. The molecule has 0 atom stereocenters. The monoisotopic (exact) mass is 267 g/mol. The Morgan fingerprint density at radius 1 is 1.56 bits per heavy atom. The third kappa shape index (κ3) is 4.18. The van der Waals surface area contributed by atoms with E-state index in [0.29, 0.717) is 11.3 Å². The number of rotatable bonds is 2. The summed E-state index contributed by atoms with van der Waals surface area (Å²) in [7, 11) is 1.16. The van der Waals surface area contributed by atoms with E-state index in [1.165, 1.54) is 19.2 Å². The average molecular weight is 267 g/mol. The molecule has 1 rings (SSSR count). The van der Waals surface area contributed by atoms with Gasteiger partial charge in [0.15, 0.2) is 5.12 Å². The second kappa shape index (κ2) is 6.77. The van der Waals surface area contributed by atoms with Gasteiger partial charge in [0.1, 0.15) is 5.56 Å². The Kier molecular flexibility index (Phi) is 5.33. The first kappa shape index (κ1) is 14.2. The molecular weight excluding hydrogens is 257 g/mol. The van der Waals surface area contributed by atoms with Crippen LogP contribution in [0.5, 0.6) is 0 Å². The minimum atomic E-state index is -0.898. The molecule has 6 heteroatoms. The van der Waals surface area contributed by atoms with E-state index in [0.717, 1.165) is 18.9 Å². The van der Waals surface area contributed by atoms with Gasteiger partial charge in [-0.2, -0.15) is 4.39 Å². The number of ether oxygens (including phenoxy) is 1. The molecule has 0 bridgehead atoms. The lowest BCUT2D eigenvalue weighted by atomic mass is 10.2. The number of hydrogen-bond acceptors (Lipinski definition) is 5. The van der Waals surface area contributed by atoms with Crippen LogP contribution in [0, 0.1) is 17.8 Å². The fourth-order valence-corrected chi connectivity index (χ4v) is 1.39. The molecule has 0 aliphatic carbocycles. The van der Waals surface area contributed by atoms with Gasteiger partial charge in [-0.25, -0.2) is 9.78 Å². The molecule has 0 aliphatic heterocycles. The van der Waals surface area contributed by atoms with E-state index < -0.39 is 11.9 Å². The summed E-state index contributed by atoms with van der Waals surface area (Å²) in [6, 6.07) is 1.26. The maximum atomic E-state index is 13.2. The Balaban J connectivity index is 2.85. The molecular formula is C12H10FNO3S. The van der Waals surface area contributed by atoms with Crippen LogP contribution in [0.2, 0.25) is 0 Å². The molecule has 1 aromatic heterocycles. The van der Waals surface area contributed by atoms with E-state index in [9.17, 15) is 14.0 Å². The van der Waals surface area contributed by atoms with Crippen LogP contribution in [0.3, 0.4) is 0 Å². The SMILES string of the molecule is COC(=O)c1cc(C#CCSC(C)=O)cnc1F. The van der Waals surface area contributed by atoms with Crippen molar-refractivity contribution in [1.29, 1.82) is 0 Å². The van der Waals surface area contributed by atoms with Crippen molar-refractivity contribution in [3.63, 3.8) is 0 Å². The molecule has 1 aromatic rings. The molecule has 0 unspecified atom stereocenters. The first-order valence-electron chi connectivity index (χ1n) is 4.90. The van der Waals surface area contributed by atoms with Crippen LogP contribution in [-0.4, -0.2) is 28.9 Å². The molecule has 1 heterocycles. The molecule has 0 fully saturated rings. The number of carbonyl (C=O) groups excluding carboxylic acids is 2. The topological polar surface area (TPSA) is 56.3 Å². The number of nitrogens with zero attached hydrogens (tertiary/aromatic N) is 1. The zero-order chi connectivity index (χ0) is 13.5. The number of thioether (sulfide) groups is 1. The summed E-state index contributed by atoms with van der Waals surface area (Å²) in [4.78, 5) is 25.3. The molecule has 0 amide bonds. The van der Waals surface area contributed by atoms with Crippen molar-refractivity contribution in [1.82, 2.24) is 4.98 Å². The van der Waals surface area contributed by atoms with E-state index in [2.05, 4.69) is 21.6 Å². The minimum Gasteiger partial charge on any atom is -0.465 e. The molecule has 0 saturated carbocycles. The van der Waals surface area contributed by atoms with Crippen LogP contribution < -0.4 is 0 Å². The number of hydrogen-bond donors (Lipinski definition) is 0. The van der Waals surface area contributed by atoms with Gasteiger partial charge in [0.05, 0.1) is 12.9 Å². The van der Waals surface area contributed by atoms with Gasteiger partial charge in [-0.1, -0.05) is 23.6 Å². The summed E-state index contributed by atoms with van der Waals surface area (Å²) in [6.07, 6.45) is 1.22. The molecule has 4 nitrogen and oxygen atoms in total. The molecule has 0 aliphatic rings. The van der Waals surface area contributed by atoms with E-state index in [1.807, 2.05) is 0 Å². The highest BCUT2D eigenvalue weighted by atomic mass is 32.2. The van der Waals surface area contributed by atoms with Crippen LogP contribution in [0.25, 0.3) is 0 Å². The fourth-order valence-electron chi connectivity index (χ4n) is 1.05. The van der Waals surface area contributed by atoms with Crippen molar-refractivity contribution in [2.45, 2.75) is 6.92 Å². The second-order valence-electron chi connectivity index (χ2n) is 3.14. The van der Waals surface area contributed by atoms with E-state index in [4.69, 9.17) is 0 Å². The van der Waals surface area contributed by atoms with Crippen molar-refractivity contribution in [2.75, 3.05) is 12.9 Å². The highest BCUT2D eigenvalue weighted by Crippen LogP contribution is 2.08. The van der Waals surface area contributed by atoms with Crippen molar-refractivity contribution < 1.29 is 18.7 Å². The third-order valence-corrected chi connectivity index (χ3v) is 2.52. The molecule has 0 N–H and O–H groups in total. The maximum absolute atomic E-state index is 13.2. The lowest BCUT2D eigenvalue weighted by Crippen LogP contribution is -2.06. The third-order valence-electron chi connectivity index (χ3n) is 1.82. The van der Waals surface area contributed by atoms with Crippen LogP contribution >= 0.6 is 11.8 Å². The lowest BCUT2D eigenvalue weighted by Gasteiger charge is -2.00. The largest absolute Gasteiger partial charge is 0.465 e. The quantitative estimate of drug-likeness (QED) is 0.463. The standard InChI is InChI=1S/C12H10FNO3S/c1-8(15)18-5-3-4-9-6-10(12(16)17-2)11(13)14-7-9/h6-7H,5H2,1-2H3. The van der Waals surface area contributed by atoms with Crippen molar-refractivity contribution in [3.8, 4) is 11.8 Å². The number of halogens is 1. The first-order chi connectivity index (χ1) is 8.54. The predicted molar refractivity (Wildman–Crippen MR) is 65.6 cm³/mol. The number of esters is 1. The Hall–Kier alpha value is -1.87. The molecule has 0 aromatic carbocycles. The van der Waals surface area contributed by atoms with Gasteiger partial charge in [0.25, 0.3) is 0 Å². The number of carbonyl (C=O) groups is 2. The predicted octanol–water partition coefficient (Wildman–Crippen LogP) is 1.64. The van der Waals surface area contributed by atoms with E-state index in [-0.39, 0.29) is 10.7 Å². The molecule has 0 saturated heterocycles. The Bertz CT molecular complexity index is 534. The van der Waals surface area contributed by atoms with Gasteiger partial charge in [-0.15, -0.1) is 0 Å². The summed E-state index contributed by atoms with van der Waals surface area (Å²) in [6.45, 7) is 1.45. The van der Waals surface area contributed by atoms with Gasteiger partial charge in [0.2, 0.25) is 5.95 Å². The summed E-state index contributed by atoms with van der Waals surface area (Å²) < 4.78 is 17.6. The highest BCUT2D eigenvalue weighted by molar-refractivity contribution is 8.13. The highest BCUT2D eigenvalue weighted by Gasteiger charge is 2.13. The summed E-state index contributed by atoms with van der Waals surface area (Å²) in [5.41, 5.74) is 0.129. The van der Waals surface area contributed by atoms with Crippen LogP contribution in [0.4, 0.5) is 4.39 Å². The molecule has 0 spiro atoms. The van der Waals surface area contributed by atoms with Crippen LogP contribution in [0.1, 0.15) is 22.8 Å². The van der Waals surface area contributed by atoms with Gasteiger partial charge >= 0.3 is 5.97 Å². The minimum absolute atomic E-state index is 0.0308. The van der Waals surface area contributed by atoms with Crippen molar-refractivity contribution in [3.05, 3.63) is 29.3 Å².